The molecule has 0 saturated carbocycles. The summed E-state index contributed by atoms with van der Waals surface area (Å²) >= 11 is 0. The third-order valence-corrected chi connectivity index (χ3v) is 1.46. The van der Waals surface area contributed by atoms with Crippen molar-refractivity contribution in [3.63, 3.8) is 0 Å². The lowest BCUT2D eigenvalue weighted by Gasteiger charge is -2.06. The molecule has 1 aromatic heterocycles. The van der Waals surface area contributed by atoms with Crippen molar-refractivity contribution in [2.24, 2.45) is 0 Å². The molecule has 7 heteroatoms. The lowest BCUT2D eigenvalue weighted by molar-refractivity contribution is -0.173. The molecular weight excluding hydrogens is 211 g/mol. The minimum atomic E-state index is -4.29. The minimum absolute atomic E-state index is 0.0660. The molecule has 0 spiro atoms. The van der Waals surface area contributed by atoms with E-state index in [1.165, 1.54) is 12.4 Å². The highest BCUT2D eigenvalue weighted by atomic mass is 19.4. The quantitative estimate of drug-likeness (QED) is 0.775. The Morgan fingerprint density at radius 3 is 2.40 bits per heavy atom. The fourth-order valence-electron chi connectivity index (χ4n) is 0.845. The zero-order chi connectivity index (χ0) is 11.3. The first-order valence-electron chi connectivity index (χ1n) is 4.18. The third-order valence-electron chi connectivity index (χ3n) is 1.46. The molecule has 0 amide bonds. The van der Waals surface area contributed by atoms with Gasteiger partial charge in [0, 0.05) is 6.42 Å². The Morgan fingerprint density at radius 1 is 1.27 bits per heavy atom. The van der Waals surface area contributed by atoms with Gasteiger partial charge in [-0.15, -0.1) is 0 Å². The summed E-state index contributed by atoms with van der Waals surface area (Å²) < 4.78 is 39.4. The number of ether oxygens (including phenoxy) is 1. The van der Waals surface area contributed by atoms with Crippen LogP contribution in [-0.4, -0.2) is 29.4 Å². The Kier molecular flexibility index (Phi) is 3.84. The summed E-state index contributed by atoms with van der Waals surface area (Å²) in [4.78, 5) is 7.63. The van der Waals surface area contributed by atoms with Crippen LogP contribution in [0.2, 0.25) is 0 Å². The van der Waals surface area contributed by atoms with E-state index in [9.17, 15) is 13.2 Å². The predicted octanol–water partition coefficient (Wildman–Crippen LogP) is 1.18. The summed E-state index contributed by atoms with van der Waals surface area (Å²) in [5.74, 6) is 0.409. The summed E-state index contributed by atoms with van der Waals surface area (Å²) in [6, 6.07) is 0. The van der Waals surface area contributed by atoms with Gasteiger partial charge in [-0.05, 0) is 0 Å². The van der Waals surface area contributed by atoms with Gasteiger partial charge in [-0.3, -0.25) is 0 Å². The van der Waals surface area contributed by atoms with Gasteiger partial charge in [0.25, 0.3) is 0 Å². The SMILES string of the molecule is Nc1cnc(CCOCC(F)(F)F)nc1. The van der Waals surface area contributed by atoms with Crippen molar-refractivity contribution in [2.75, 3.05) is 18.9 Å². The number of alkyl halides is 3. The van der Waals surface area contributed by atoms with E-state index in [1.54, 1.807) is 0 Å². The largest absolute Gasteiger partial charge is 0.411 e. The fraction of sp³-hybridized carbons (Fsp3) is 0.500. The Morgan fingerprint density at radius 2 is 1.87 bits per heavy atom. The summed E-state index contributed by atoms with van der Waals surface area (Å²) in [5.41, 5.74) is 5.75. The number of nitrogens with zero attached hydrogens (tertiary/aromatic N) is 2. The Labute approximate surface area is 84.3 Å². The lowest BCUT2D eigenvalue weighted by atomic mass is 10.4. The standard InChI is InChI=1S/C8H10F3N3O/c9-8(10,11)5-15-2-1-7-13-3-6(12)4-14-7/h3-4H,1-2,5,12H2. The highest BCUT2D eigenvalue weighted by Crippen LogP contribution is 2.14. The van der Waals surface area contributed by atoms with Crippen molar-refractivity contribution in [3.05, 3.63) is 18.2 Å². The van der Waals surface area contributed by atoms with Gasteiger partial charge in [0.05, 0.1) is 24.7 Å². The topological polar surface area (TPSA) is 61.0 Å². The molecule has 84 valence electrons. The second-order valence-corrected chi connectivity index (χ2v) is 2.85. The van der Waals surface area contributed by atoms with Crippen molar-refractivity contribution in [1.82, 2.24) is 9.97 Å². The molecule has 1 aromatic rings. The van der Waals surface area contributed by atoms with E-state index >= 15 is 0 Å². The molecular formula is C8H10F3N3O. The van der Waals surface area contributed by atoms with Crippen LogP contribution in [0.4, 0.5) is 18.9 Å². The Hall–Kier alpha value is -1.37. The predicted molar refractivity (Wildman–Crippen MR) is 47.0 cm³/mol. The van der Waals surface area contributed by atoms with Gasteiger partial charge < -0.3 is 10.5 Å². The van der Waals surface area contributed by atoms with Gasteiger partial charge in [0.1, 0.15) is 12.4 Å². The van der Waals surface area contributed by atoms with E-state index in [1.807, 2.05) is 0 Å². The zero-order valence-corrected chi connectivity index (χ0v) is 7.79. The van der Waals surface area contributed by atoms with Crippen molar-refractivity contribution in [3.8, 4) is 0 Å². The molecule has 0 aliphatic rings. The molecule has 0 aliphatic carbocycles. The molecule has 0 aromatic carbocycles. The maximum Gasteiger partial charge on any atom is 0.411 e. The zero-order valence-electron chi connectivity index (χ0n) is 7.79. The van der Waals surface area contributed by atoms with E-state index in [-0.39, 0.29) is 13.0 Å². The summed E-state index contributed by atoms with van der Waals surface area (Å²) in [7, 11) is 0. The van der Waals surface area contributed by atoms with E-state index in [4.69, 9.17) is 5.73 Å². The highest BCUT2D eigenvalue weighted by Gasteiger charge is 2.27. The summed E-state index contributed by atoms with van der Waals surface area (Å²) in [6.45, 7) is -1.31. The normalized spacial score (nSPS) is 11.7. The number of hydrogen-bond acceptors (Lipinski definition) is 4. The number of nitrogens with two attached hydrogens (primary N) is 1. The van der Waals surface area contributed by atoms with Crippen LogP contribution in [0.3, 0.4) is 0 Å². The third kappa shape index (κ3) is 5.16. The molecule has 0 aliphatic heterocycles. The van der Waals surface area contributed by atoms with Gasteiger partial charge in [-0.1, -0.05) is 0 Å². The van der Waals surface area contributed by atoms with Crippen LogP contribution in [0.25, 0.3) is 0 Å². The molecule has 1 heterocycles. The molecule has 15 heavy (non-hydrogen) atoms. The Balaban J connectivity index is 2.23. The molecule has 0 fully saturated rings. The first-order valence-corrected chi connectivity index (χ1v) is 4.18. The maximum absolute atomic E-state index is 11.7. The van der Waals surface area contributed by atoms with Crippen molar-refractivity contribution >= 4 is 5.69 Å². The van der Waals surface area contributed by atoms with Gasteiger partial charge in [-0.2, -0.15) is 13.2 Å². The number of aromatic nitrogens is 2. The highest BCUT2D eigenvalue weighted by molar-refractivity contribution is 5.30. The fourth-order valence-corrected chi connectivity index (χ4v) is 0.845. The summed E-state index contributed by atoms with van der Waals surface area (Å²) in [6.07, 6.45) is -1.27. The number of halogens is 3. The molecule has 0 bridgehead atoms. The van der Waals surface area contributed by atoms with Crippen LogP contribution in [0, 0.1) is 0 Å². The molecule has 0 radical (unpaired) electrons. The van der Waals surface area contributed by atoms with Gasteiger partial charge in [0.2, 0.25) is 0 Å². The number of hydrogen-bond donors (Lipinski definition) is 1. The van der Waals surface area contributed by atoms with E-state index < -0.39 is 12.8 Å². The van der Waals surface area contributed by atoms with E-state index in [0.717, 1.165) is 0 Å². The lowest BCUT2D eigenvalue weighted by Crippen LogP contribution is -2.18. The summed E-state index contributed by atoms with van der Waals surface area (Å²) in [5, 5.41) is 0. The number of rotatable bonds is 4. The molecule has 0 unspecified atom stereocenters. The number of nitrogen functional groups attached to an aromatic ring is 1. The average Bonchev–Trinajstić information content (AvgIpc) is 2.14. The van der Waals surface area contributed by atoms with Gasteiger partial charge >= 0.3 is 6.18 Å². The maximum atomic E-state index is 11.7. The first-order chi connectivity index (χ1) is 6.97. The second kappa shape index (κ2) is 4.92. The van der Waals surface area contributed by atoms with Crippen LogP contribution >= 0.6 is 0 Å². The van der Waals surface area contributed by atoms with Gasteiger partial charge in [0.15, 0.2) is 0 Å². The molecule has 0 atom stereocenters. The van der Waals surface area contributed by atoms with Crippen LogP contribution in [-0.2, 0) is 11.2 Å². The average molecular weight is 221 g/mol. The molecule has 2 N–H and O–H groups in total. The van der Waals surface area contributed by atoms with Crippen LogP contribution in [0.15, 0.2) is 12.4 Å². The van der Waals surface area contributed by atoms with Crippen LogP contribution in [0.1, 0.15) is 5.82 Å². The Bertz CT molecular complexity index is 299. The number of anilines is 1. The monoisotopic (exact) mass is 221 g/mol. The smallest absolute Gasteiger partial charge is 0.396 e. The minimum Gasteiger partial charge on any atom is -0.396 e. The van der Waals surface area contributed by atoms with Crippen LogP contribution in [0.5, 0.6) is 0 Å². The van der Waals surface area contributed by atoms with Crippen molar-refractivity contribution in [1.29, 1.82) is 0 Å². The molecule has 1 rings (SSSR count). The van der Waals surface area contributed by atoms with Crippen molar-refractivity contribution < 1.29 is 17.9 Å². The van der Waals surface area contributed by atoms with Crippen molar-refractivity contribution in [2.45, 2.75) is 12.6 Å². The van der Waals surface area contributed by atoms with Crippen LogP contribution < -0.4 is 5.73 Å². The van der Waals surface area contributed by atoms with Gasteiger partial charge in [-0.25, -0.2) is 9.97 Å². The molecule has 4 nitrogen and oxygen atoms in total. The van der Waals surface area contributed by atoms with E-state index in [2.05, 4.69) is 14.7 Å². The molecule has 0 saturated heterocycles. The van der Waals surface area contributed by atoms with E-state index in [0.29, 0.717) is 11.5 Å². The second-order valence-electron chi connectivity index (χ2n) is 2.85. The first kappa shape index (κ1) is 11.7.